The van der Waals surface area contributed by atoms with Crippen molar-refractivity contribution in [2.24, 2.45) is 5.10 Å². The minimum absolute atomic E-state index is 0.0957. The summed E-state index contributed by atoms with van der Waals surface area (Å²) in [4.78, 5) is 12.5. The Labute approximate surface area is 212 Å². The third-order valence-corrected chi connectivity index (χ3v) is 6.58. The van der Waals surface area contributed by atoms with Crippen LogP contribution in [0.2, 0.25) is 0 Å². The van der Waals surface area contributed by atoms with Gasteiger partial charge in [-0.3, -0.25) is 9.36 Å². The van der Waals surface area contributed by atoms with E-state index >= 15 is 0 Å². The molecule has 1 unspecified atom stereocenters. The summed E-state index contributed by atoms with van der Waals surface area (Å²) in [7, 11) is 0. The number of benzene rings is 2. The third kappa shape index (κ3) is 6.92. The number of rotatable bonds is 10. The molecule has 1 atom stereocenters. The summed E-state index contributed by atoms with van der Waals surface area (Å²) in [5.74, 6) is 1.18. The average molecular weight is 595 g/mol. The van der Waals surface area contributed by atoms with Crippen LogP contribution in [0.4, 0.5) is 0 Å². The third-order valence-electron chi connectivity index (χ3n) is 4.30. The van der Waals surface area contributed by atoms with Crippen LogP contribution in [0.1, 0.15) is 18.3 Å². The van der Waals surface area contributed by atoms with E-state index in [1.165, 1.54) is 18.0 Å². The number of phenols is 1. The smallest absolute Gasteiger partial charge is 0.253 e. The number of carbonyl (C=O) groups is 1. The number of ether oxygens (including phenoxy) is 1. The van der Waals surface area contributed by atoms with Crippen LogP contribution in [-0.4, -0.2) is 37.2 Å². The molecule has 0 saturated carbocycles. The number of phenolic OH excluding ortho intramolecular Hbond substituents is 1. The van der Waals surface area contributed by atoms with Crippen LogP contribution in [0.5, 0.6) is 11.5 Å². The van der Waals surface area contributed by atoms with Crippen molar-refractivity contribution in [1.82, 2.24) is 20.2 Å². The summed E-state index contributed by atoms with van der Waals surface area (Å²) in [6.45, 7) is 6.28. The maximum atomic E-state index is 12.5. The first kappa shape index (κ1) is 25.0. The number of aromatic hydroxyl groups is 1. The number of para-hydroxylation sites is 1. The molecule has 1 amide bonds. The van der Waals surface area contributed by atoms with Gasteiger partial charge in [-0.15, -0.1) is 16.8 Å². The van der Waals surface area contributed by atoms with Gasteiger partial charge in [-0.25, -0.2) is 5.43 Å². The Kier molecular flexibility index (Phi) is 9.10. The highest BCUT2D eigenvalue weighted by Gasteiger charge is 2.20. The van der Waals surface area contributed by atoms with Crippen LogP contribution in [-0.2, 0) is 17.9 Å². The molecule has 0 bridgehead atoms. The van der Waals surface area contributed by atoms with Crippen molar-refractivity contribution in [3.63, 3.8) is 0 Å². The molecule has 0 spiro atoms. The van der Waals surface area contributed by atoms with Gasteiger partial charge in [0.1, 0.15) is 18.1 Å². The molecule has 3 rings (SSSR count). The van der Waals surface area contributed by atoms with Crippen molar-refractivity contribution in [3.05, 3.63) is 75.5 Å². The zero-order valence-corrected chi connectivity index (χ0v) is 21.6. The van der Waals surface area contributed by atoms with E-state index in [9.17, 15) is 9.90 Å². The van der Waals surface area contributed by atoms with E-state index < -0.39 is 5.25 Å². The SMILES string of the molecule is C=CCn1c(COc2ccccc2)nnc1SC(C)C(=O)NN=Cc1cc(Br)c(O)c(Br)c1. The Morgan fingerprint density at radius 2 is 2.00 bits per heavy atom. The molecule has 33 heavy (non-hydrogen) atoms. The molecule has 0 aliphatic carbocycles. The van der Waals surface area contributed by atoms with E-state index in [0.717, 1.165) is 5.75 Å². The second-order valence-electron chi connectivity index (χ2n) is 6.73. The molecule has 8 nitrogen and oxygen atoms in total. The van der Waals surface area contributed by atoms with Crippen molar-refractivity contribution in [3.8, 4) is 11.5 Å². The van der Waals surface area contributed by atoms with Crippen LogP contribution in [0, 0.1) is 0 Å². The monoisotopic (exact) mass is 593 g/mol. The standard InChI is InChI=1S/C22H21Br2N5O3S/c1-3-9-29-19(13-32-16-7-5-4-6-8-16)26-28-22(29)33-14(2)21(31)27-25-12-15-10-17(23)20(30)18(24)11-15/h3-8,10-12,14,30H,1,9,13H2,2H3,(H,27,31). The Balaban J connectivity index is 1.61. The number of aromatic nitrogens is 3. The van der Waals surface area contributed by atoms with E-state index in [1.54, 1.807) is 25.1 Å². The summed E-state index contributed by atoms with van der Waals surface area (Å²) < 4.78 is 8.67. The molecule has 0 fully saturated rings. The lowest BCUT2D eigenvalue weighted by Crippen LogP contribution is -2.27. The molecule has 3 aromatic rings. The lowest BCUT2D eigenvalue weighted by Gasteiger charge is -2.11. The summed E-state index contributed by atoms with van der Waals surface area (Å²) in [6.07, 6.45) is 3.23. The van der Waals surface area contributed by atoms with Crippen molar-refractivity contribution >= 4 is 55.7 Å². The quantitative estimate of drug-likeness (QED) is 0.150. The molecule has 1 heterocycles. The van der Waals surface area contributed by atoms with Crippen LogP contribution < -0.4 is 10.2 Å². The maximum absolute atomic E-state index is 12.5. The second kappa shape index (κ2) is 12.0. The molecule has 0 radical (unpaired) electrons. The molecule has 2 N–H and O–H groups in total. The summed E-state index contributed by atoms with van der Waals surface area (Å²) in [5.41, 5.74) is 3.22. The van der Waals surface area contributed by atoms with Crippen LogP contribution in [0.25, 0.3) is 0 Å². The lowest BCUT2D eigenvalue weighted by atomic mass is 10.2. The molecule has 0 saturated heterocycles. The summed E-state index contributed by atoms with van der Waals surface area (Å²) in [6, 6.07) is 12.8. The largest absolute Gasteiger partial charge is 0.506 e. The summed E-state index contributed by atoms with van der Waals surface area (Å²) in [5, 5.41) is 22.3. The molecular formula is C22H21Br2N5O3S. The number of nitrogens with one attached hydrogen (secondary N) is 1. The maximum Gasteiger partial charge on any atom is 0.253 e. The fourth-order valence-corrected chi connectivity index (χ4v) is 4.72. The summed E-state index contributed by atoms with van der Waals surface area (Å²) >= 11 is 7.79. The normalized spacial score (nSPS) is 12.0. The number of thioether (sulfide) groups is 1. The molecular weight excluding hydrogens is 574 g/mol. The van der Waals surface area contributed by atoms with E-state index in [1.807, 2.05) is 34.9 Å². The Hall–Kier alpha value is -2.63. The predicted octanol–water partition coefficient (Wildman–Crippen LogP) is 4.90. The van der Waals surface area contributed by atoms with Gasteiger partial charge < -0.3 is 9.84 Å². The molecule has 11 heteroatoms. The van der Waals surface area contributed by atoms with E-state index in [2.05, 4.69) is 59.2 Å². The molecule has 1 aromatic heterocycles. The van der Waals surface area contributed by atoms with E-state index in [-0.39, 0.29) is 18.3 Å². The van der Waals surface area contributed by atoms with Crippen LogP contribution >= 0.6 is 43.6 Å². The minimum Gasteiger partial charge on any atom is -0.506 e. The van der Waals surface area contributed by atoms with Crippen molar-refractivity contribution in [1.29, 1.82) is 0 Å². The van der Waals surface area contributed by atoms with Gasteiger partial charge in [0.05, 0.1) is 20.4 Å². The predicted molar refractivity (Wildman–Crippen MR) is 136 cm³/mol. The van der Waals surface area contributed by atoms with Crippen LogP contribution in [0.15, 0.2) is 74.3 Å². The number of carbonyl (C=O) groups excluding carboxylic acids is 1. The highest BCUT2D eigenvalue weighted by molar-refractivity contribution is 9.11. The van der Waals surface area contributed by atoms with Gasteiger partial charge in [0.15, 0.2) is 11.0 Å². The highest BCUT2D eigenvalue weighted by Crippen LogP contribution is 2.32. The highest BCUT2D eigenvalue weighted by atomic mass is 79.9. The molecule has 0 aliphatic rings. The lowest BCUT2D eigenvalue weighted by molar-refractivity contribution is -0.120. The number of halogens is 2. The van der Waals surface area contributed by atoms with Gasteiger partial charge >= 0.3 is 0 Å². The zero-order valence-electron chi connectivity index (χ0n) is 17.6. The van der Waals surface area contributed by atoms with Crippen molar-refractivity contribution < 1.29 is 14.6 Å². The van der Waals surface area contributed by atoms with Gasteiger partial charge in [-0.05, 0) is 68.6 Å². The first-order valence-electron chi connectivity index (χ1n) is 9.77. The number of amides is 1. The van der Waals surface area contributed by atoms with Gasteiger partial charge in [0, 0.05) is 6.54 Å². The number of hydrogen-bond donors (Lipinski definition) is 2. The van der Waals surface area contributed by atoms with Gasteiger partial charge in [-0.1, -0.05) is 36.0 Å². The second-order valence-corrected chi connectivity index (χ2v) is 9.74. The number of allylic oxidation sites excluding steroid dienone is 1. The Bertz CT molecular complexity index is 1130. The molecule has 0 aliphatic heterocycles. The molecule has 172 valence electrons. The number of nitrogens with zero attached hydrogens (tertiary/aromatic N) is 4. The van der Waals surface area contributed by atoms with Gasteiger partial charge in [0.25, 0.3) is 5.91 Å². The van der Waals surface area contributed by atoms with Crippen molar-refractivity contribution in [2.45, 2.75) is 30.5 Å². The van der Waals surface area contributed by atoms with Crippen molar-refractivity contribution in [2.75, 3.05) is 0 Å². The first-order chi connectivity index (χ1) is 15.9. The Morgan fingerprint density at radius 3 is 2.67 bits per heavy atom. The van der Waals surface area contributed by atoms with Gasteiger partial charge in [-0.2, -0.15) is 5.10 Å². The topological polar surface area (TPSA) is 102 Å². The van der Waals surface area contributed by atoms with E-state index in [4.69, 9.17) is 4.74 Å². The first-order valence-corrected chi connectivity index (χ1v) is 12.2. The number of hydrazone groups is 1. The minimum atomic E-state index is -0.476. The Morgan fingerprint density at radius 1 is 1.30 bits per heavy atom. The molecule has 2 aromatic carbocycles. The van der Waals surface area contributed by atoms with Gasteiger partial charge in [0.2, 0.25) is 0 Å². The fraction of sp³-hybridized carbons (Fsp3) is 0.182. The fourth-order valence-electron chi connectivity index (χ4n) is 2.62. The average Bonchev–Trinajstić information content (AvgIpc) is 3.18. The van der Waals surface area contributed by atoms with E-state index in [0.29, 0.717) is 32.0 Å². The zero-order chi connectivity index (χ0) is 23.8. The van der Waals surface area contributed by atoms with Crippen LogP contribution in [0.3, 0.4) is 0 Å². The number of hydrogen-bond acceptors (Lipinski definition) is 7.